The van der Waals surface area contributed by atoms with E-state index in [1.807, 2.05) is 25.7 Å². The highest BCUT2D eigenvalue weighted by molar-refractivity contribution is 5.88. The van der Waals surface area contributed by atoms with Crippen molar-refractivity contribution in [2.75, 3.05) is 56.3 Å². The van der Waals surface area contributed by atoms with Crippen LogP contribution in [0.2, 0.25) is 0 Å². The molecule has 8 unspecified atom stereocenters. The number of carbonyl (C=O) groups excluding carboxylic acids is 4. The van der Waals surface area contributed by atoms with Gasteiger partial charge in [0.1, 0.15) is 18.1 Å². The van der Waals surface area contributed by atoms with Gasteiger partial charge in [-0.2, -0.15) is 0 Å². The van der Waals surface area contributed by atoms with Crippen LogP contribution < -0.4 is 28.4 Å². The number of hydrogen-bond donors (Lipinski definition) is 1. The minimum Gasteiger partial charge on any atom is -0.493 e. The van der Waals surface area contributed by atoms with Crippen LogP contribution in [0, 0.1) is 11.8 Å². The zero-order valence-electron chi connectivity index (χ0n) is 39.6. The molecular weight excluding hydrogens is 855 g/mol. The van der Waals surface area contributed by atoms with Crippen LogP contribution in [0.25, 0.3) is 6.08 Å². The molecule has 2 aliphatic rings. The summed E-state index contributed by atoms with van der Waals surface area (Å²) in [6, 6.07) is 14.2. The van der Waals surface area contributed by atoms with Gasteiger partial charge in [-0.15, -0.1) is 0 Å². The predicted octanol–water partition coefficient (Wildman–Crippen LogP) is 6.13. The number of esters is 4. The quantitative estimate of drug-likeness (QED) is 0.0731. The number of methoxy groups -OCH3 is 6. The largest absolute Gasteiger partial charge is 0.493 e. The van der Waals surface area contributed by atoms with E-state index in [1.54, 1.807) is 61.6 Å². The van der Waals surface area contributed by atoms with Gasteiger partial charge in [0.2, 0.25) is 11.5 Å². The molecule has 0 radical (unpaired) electrons. The topological polar surface area (TPSA) is 184 Å². The first-order valence-corrected chi connectivity index (χ1v) is 21.7. The second-order valence-electron chi connectivity index (χ2n) is 16.5. The van der Waals surface area contributed by atoms with E-state index < -0.39 is 78.8 Å². The molecule has 66 heavy (non-hydrogen) atoms. The Morgan fingerprint density at radius 2 is 1.32 bits per heavy atom. The SMILES string of the molecule is COc1cc(/C=C\C(=O)OC2C(OC(=O)/C=C(\C)C(C)C)C3C(C(CCc4cc(OC)c(OC)c(OC)c4)OC(C)=O)C(OC(=O)C(CO)c4ccccc4)CC2N3C)cc(OC)c1OC. The standard InChI is InChI=1S/C50H63NO15/c1-28(2)29(3)21-43(55)66-49-45-44(36(63-30(4)53)19-17-31-22-38(57-6)47(61-10)39(23-31)58-7)37(64-50(56)34(27-52)33-15-13-12-14-16-33)26-35(51(45)5)46(49)65-42(54)20-18-32-24-40(59-8)48(62-11)41(25-32)60-9/h12-16,18,20-25,28,34-37,44-46,49,52H,17,19,26-27H2,1-11H3/b20-18-,29-21+. The first-order chi connectivity index (χ1) is 31.6. The van der Waals surface area contributed by atoms with E-state index in [2.05, 4.69) is 0 Å². The predicted molar refractivity (Wildman–Crippen MR) is 243 cm³/mol. The molecule has 2 heterocycles. The second-order valence-corrected chi connectivity index (χ2v) is 16.5. The number of rotatable bonds is 21. The molecular formula is C50H63NO15. The maximum atomic E-state index is 14.2. The number of piperidine rings is 1. The fraction of sp³-hybridized carbons (Fsp3) is 0.480. The van der Waals surface area contributed by atoms with Gasteiger partial charge in [0.05, 0.1) is 67.3 Å². The lowest BCUT2D eigenvalue weighted by atomic mass is 9.80. The molecule has 2 bridgehead atoms. The van der Waals surface area contributed by atoms with Gasteiger partial charge in [-0.3, -0.25) is 14.5 Å². The van der Waals surface area contributed by atoms with Crippen LogP contribution in [0.4, 0.5) is 0 Å². The highest BCUT2D eigenvalue weighted by Crippen LogP contribution is 2.47. The summed E-state index contributed by atoms with van der Waals surface area (Å²) < 4.78 is 58.3. The molecule has 16 nitrogen and oxygen atoms in total. The Balaban J connectivity index is 1.60. The molecule has 0 aliphatic carbocycles. The molecule has 358 valence electrons. The Bertz CT molecular complexity index is 2170. The lowest BCUT2D eigenvalue weighted by Gasteiger charge is -2.45. The molecule has 0 amide bonds. The molecule has 2 saturated heterocycles. The number of fused-ring (bicyclic) bond motifs is 2. The van der Waals surface area contributed by atoms with Crippen molar-refractivity contribution in [3.05, 3.63) is 89.0 Å². The summed E-state index contributed by atoms with van der Waals surface area (Å²) in [7, 11) is 10.8. The smallest absolute Gasteiger partial charge is 0.331 e. The van der Waals surface area contributed by atoms with E-state index >= 15 is 0 Å². The average Bonchev–Trinajstić information content (AvgIpc) is 3.45. The maximum Gasteiger partial charge on any atom is 0.331 e. The van der Waals surface area contributed by atoms with Gasteiger partial charge in [0, 0.05) is 25.5 Å². The van der Waals surface area contributed by atoms with E-state index in [-0.39, 0.29) is 18.8 Å². The number of ether oxygens (including phenoxy) is 10. The third kappa shape index (κ3) is 11.8. The molecule has 3 aromatic rings. The molecule has 0 aromatic heterocycles. The van der Waals surface area contributed by atoms with Gasteiger partial charge in [-0.1, -0.05) is 49.8 Å². The van der Waals surface area contributed by atoms with E-state index in [4.69, 9.17) is 47.4 Å². The van der Waals surface area contributed by atoms with Crippen molar-refractivity contribution in [1.82, 2.24) is 4.90 Å². The fourth-order valence-corrected chi connectivity index (χ4v) is 8.79. The summed E-state index contributed by atoms with van der Waals surface area (Å²) in [4.78, 5) is 57.0. The molecule has 2 aliphatic heterocycles. The Kier molecular flexibility index (Phi) is 17.9. The maximum absolute atomic E-state index is 14.2. The van der Waals surface area contributed by atoms with Crippen molar-refractivity contribution in [2.24, 2.45) is 11.8 Å². The van der Waals surface area contributed by atoms with Crippen molar-refractivity contribution in [3.8, 4) is 34.5 Å². The van der Waals surface area contributed by atoms with Gasteiger partial charge < -0.3 is 52.5 Å². The zero-order chi connectivity index (χ0) is 48.2. The number of aliphatic hydroxyl groups is 1. The van der Waals surface area contributed by atoms with Crippen molar-refractivity contribution < 1.29 is 71.7 Å². The molecule has 3 aromatic carbocycles. The Hall–Kier alpha value is -6.26. The third-order valence-electron chi connectivity index (χ3n) is 12.3. The van der Waals surface area contributed by atoms with Gasteiger partial charge in [0.15, 0.2) is 35.2 Å². The number of aryl methyl sites for hydroxylation is 1. The van der Waals surface area contributed by atoms with E-state index in [0.29, 0.717) is 52.0 Å². The average molecular weight is 918 g/mol. The van der Waals surface area contributed by atoms with Crippen molar-refractivity contribution in [3.63, 3.8) is 0 Å². The van der Waals surface area contributed by atoms with E-state index in [9.17, 15) is 24.3 Å². The first-order valence-electron chi connectivity index (χ1n) is 21.7. The normalized spacial score (nSPS) is 21.4. The van der Waals surface area contributed by atoms with Gasteiger partial charge in [0.25, 0.3) is 0 Å². The molecule has 1 N–H and O–H groups in total. The van der Waals surface area contributed by atoms with Crippen molar-refractivity contribution in [2.45, 2.75) is 89.4 Å². The number of aliphatic hydroxyl groups excluding tert-OH is 1. The lowest BCUT2D eigenvalue weighted by Crippen LogP contribution is -2.58. The number of carbonyl (C=O) groups is 4. The summed E-state index contributed by atoms with van der Waals surface area (Å²) in [6.45, 7) is 6.46. The highest BCUT2D eigenvalue weighted by Gasteiger charge is 2.62. The fourth-order valence-electron chi connectivity index (χ4n) is 8.79. The lowest BCUT2D eigenvalue weighted by molar-refractivity contribution is -0.176. The number of benzene rings is 3. The van der Waals surface area contributed by atoms with Gasteiger partial charge in [-0.05, 0) is 79.8 Å². The van der Waals surface area contributed by atoms with Crippen molar-refractivity contribution in [1.29, 1.82) is 0 Å². The molecule has 16 heteroatoms. The van der Waals surface area contributed by atoms with Crippen LogP contribution in [0.5, 0.6) is 34.5 Å². The zero-order valence-corrected chi connectivity index (χ0v) is 39.6. The Morgan fingerprint density at radius 1 is 0.758 bits per heavy atom. The summed E-state index contributed by atoms with van der Waals surface area (Å²) in [5.41, 5.74) is 2.61. The summed E-state index contributed by atoms with van der Waals surface area (Å²) in [5, 5.41) is 10.5. The molecule has 2 fully saturated rings. The monoisotopic (exact) mass is 917 g/mol. The van der Waals surface area contributed by atoms with Gasteiger partial charge >= 0.3 is 23.9 Å². The summed E-state index contributed by atoms with van der Waals surface area (Å²) in [5.74, 6) is -2.21. The Morgan fingerprint density at radius 3 is 1.83 bits per heavy atom. The number of hydrogen-bond acceptors (Lipinski definition) is 16. The Labute approximate surface area is 386 Å². The minimum atomic E-state index is -1.14. The number of nitrogens with zero attached hydrogens (tertiary/aromatic N) is 1. The number of likely N-dealkylation sites (N-methyl/N-ethyl adjacent to an activating group) is 1. The van der Waals surface area contributed by atoms with Crippen LogP contribution in [0.1, 0.15) is 63.1 Å². The van der Waals surface area contributed by atoms with Gasteiger partial charge in [-0.25, -0.2) is 9.59 Å². The highest BCUT2D eigenvalue weighted by atomic mass is 16.6. The summed E-state index contributed by atoms with van der Waals surface area (Å²) >= 11 is 0. The minimum absolute atomic E-state index is 0.0289. The first kappa shape index (κ1) is 50.7. The van der Waals surface area contributed by atoms with E-state index in [0.717, 1.165) is 11.1 Å². The van der Waals surface area contributed by atoms with Crippen LogP contribution in [0.15, 0.2) is 72.3 Å². The van der Waals surface area contributed by atoms with Crippen LogP contribution in [0.3, 0.4) is 0 Å². The summed E-state index contributed by atoms with van der Waals surface area (Å²) in [6.07, 6.45) is 0.587. The van der Waals surface area contributed by atoms with Crippen LogP contribution >= 0.6 is 0 Å². The molecule has 8 atom stereocenters. The molecule has 0 spiro atoms. The van der Waals surface area contributed by atoms with Crippen LogP contribution in [-0.2, 0) is 44.5 Å². The second kappa shape index (κ2) is 23.3. The molecule has 5 rings (SSSR count). The van der Waals surface area contributed by atoms with Crippen molar-refractivity contribution >= 4 is 30.0 Å². The van der Waals surface area contributed by atoms with Crippen LogP contribution in [-0.4, -0.2) is 127 Å². The number of allylic oxidation sites excluding steroid dienone is 1. The van der Waals surface area contributed by atoms with E-state index in [1.165, 1.54) is 67.8 Å². The molecule has 0 saturated carbocycles. The third-order valence-corrected chi connectivity index (χ3v) is 12.3.